The lowest BCUT2D eigenvalue weighted by atomic mass is 10.4. The van der Waals surface area contributed by atoms with Crippen LogP contribution < -0.4 is 0 Å². The molecule has 30 heavy (non-hydrogen) atoms. The van der Waals surface area contributed by atoms with Crippen molar-refractivity contribution in [3.05, 3.63) is 0 Å². The maximum Gasteiger partial charge on any atom is 0.397 e. The second-order valence-corrected chi connectivity index (χ2v) is 11.2. The van der Waals surface area contributed by atoms with E-state index in [-0.39, 0.29) is 25.0 Å². The second kappa shape index (κ2) is 17.2. The average Bonchev–Trinajstić information content (AvgIpc) is 2.64. The molecule has 0 aromatic rings. The average molecular weight is 472 g/mol. The van der Waals surface area contributed by atoms with Crippen LogP contribution in [0.2, 0.25) is 0 Å². The van der Waals surface area contributed by atoms with E-state index in [1.165, 1.54) is 0 Å². The van der Waals surface area contributed by atoms with Gasteiger partial charge in [0, 0.05) is 12.8 Å². The number of hydrogen-bond donors (Lipinski definition) is 0. The summed E-state index contributed by atoms with van der Waals surface area (Å²) in [5.74, 6) is 0. The summed E-state index contributed by atoms with van der Waals surface area (Å²) >= 11 is 0. The fourth-order valence-electron chi connectivity index (χ4n) is 2.00. The van der Waals surface area contributed by atoms with Crippen molar-refractivity contribution in [3.8, 4) is 0 Å². The summed E-state index contributed by atoms with van der Waals surface area (Å²) in [6.07, 6.45) is 2.67. The first-order valence-corrected chi connectivity index (χ1v) is 13.9. The molecule has 0 aliphatic carbocycles. The second-order valence-electron chi connectivity index (χ2n) is 7.26. The Bertz CT molecular complexity index is 549. The van der Waals surface area contributed by atoms with E-state index < -0.39 is 26.2 Å². The number of carbonyl (C=O) groups excluding carboxylic acids is 2. The van der Waals surface area contributed by atoms with Crippen molar-refractivity contribution >= 4 is 26.2 Å². The van der Waals surface area contributed by atoms with Gasteiger partial charge >= 0.3 is 15.2 Å². The first kappa shape index (κ1) is 31.8. The largest absolute Gasteiger partial charge is 0.397 e. The van der Waals surface area contributed by atoms with Crippen molar-refractivity contribution in [2.24, 2.45) is 0 Å². The van der Waals surface area contributed by atoms with Crippen molar-refractivity contribution in [3.63, 3.8) is 0 Å². The van der Waals surface area contributed by atoms with Gasteiger partial charge in [0.25, 0.3) is 0 Å². The Hall–Kier alpha value is -0.360. The monoisotopic (exact) mass is 472 g/mol. The molecule has 0 rings (SSSR count). The molecule has 180 valence electrons. The summed E-state index contributed by atoms with van der Waals surface area (Å²) in [6, 6.07) is 0. The molecule has 0 spiro atoms. The van der Waals surface area contributed by atoms with Gasteiger partial charge in [-0.05, 0) is 53.4 Å². The summed E-state index contributed by atoms with van der Waals surface area (Å²) < 4.78 is 44.6. The summed E-state index contributed by atoms with van der Waals surface area (Å²) in [7, 11) is -7.08. The molecule has 0 N–H and O–H groups in total. The van der Waals surface area contributed by atoms with Crippen LogP contribution in [-0.4, -0.2) is 36.5 Å². The van der Waals surface area contributed by atoms with E-state index in [0.29, 0.717) is 26.1 Å². The molecule has 8 nitrogen and oxygen atoms in total. The minimum Gasteiger partial charge on any atom is -0.303 e. The summed E-state index contributed by atoms with van der Waals surface area (Å²) in [5, 5.41) is 0. The standard InChI is InChI=1S/2C10H21O4P/c1-6-7-10(11)15(12,13-8(2)3)14-9(4)5;1-4-7-10(11)15(12,13-8-5-2)14-9-6-3/h8-9H,6-7H2,1-5H3;4-9H2,1-3H3. The van der Waals surface area contributed by atoms with Gasteiger partial charge in [0.15, 0.2) is 0 Å². The molecule has 0 aromatic carbocycles. The molecule has 0 aliphatic heterocycles. The van der Waals surface area contributed by atoms with Crippen molar-refractivity contribution in [1.82, 2.24) is 0 Å². The van der Waals surface area contributed by atoms with Crippen molar-refractivity contribution in [2.75, 3.05) is 13.2 Å². The van der Waals surface area contributed by atoms with Gasteiger partial charge in [0.2, 0.25) is 11.0 Å². The van der Waals surface area contributed by atoms with Crippen LogP contribution in [0, 0.1) is 0 Å². The van der Waals surface area contributed by atoms with Crippen LogP contribution in [0.25, 0.3) is 0 Å². The molecule has 0 atom stereocenters. The Morgan fingerprint density at radius 2 is 0.967 bits per heavy atom. The van der Waals surface area contributed by atoms with Crippen LogP contribution in [0.4, 0.5) is 0 Å². The van der Waals surface area contributed by atoms with Gasteiger partial charge in [-0.2, -0.15) is 0 Å². The minimum atomic E-state index is -3.58. The lowest BCUT2D eigenvalue weighted by Crippen LogP contribution is -2.14. The fraction of sp³-hybridized carbons (Fsp3) is 0.900. The molecule has 0 aliphatic rings. The third-order valence-electron chi connectivity index (χ3n) is 3.17. The van der Waals surface area contributed by atoms with Gasteiger partial charge in [-0.25, -0.2) is 0 Å². The zero-order valence-electron chi connectivity index (χ0n) is 20.0. The fourth-order valence-corrected chi connectivity index (χ4v) is 5.60. The summed E-state index contributed by atoms with van der Waals surface area (Å²) in [5.41, 5.74) is -0.820. The SMILES string of the molecule is CCCC(=O)P(=O)(OC(C)C)OC(C)C.CCCOP(=O)(OCCC)C(=O)CCC. The summed E-state index contributed by atoms with van der Waals surface area (Å²) in [6.45, 7) is 15.0. The minimum absolute atomic E-state index is 0.233. The van der Waals surface area contributed by atoms with Crippen LogP contribution in [0.3, 0.4) is 0 Å². The number of rotatable bonds is 16. The van der Waals surface area contributed by atoms with Gasteiger partial charge in [-0.3, -0.25) is 18.7 Å². The maximum atomic E-state index is 12.1. The van der Waals surface area contributed by atoms with Crippen molar-refractivity contribution in [2.45, 2.75) is 106 Å². The highest BCUT2D eigenvalue weighted by Crippen LogP contribution is 2.52. The lowest BCUT2D eigenvalue weighted by Gasteiger charge is -2.21. The van der Waals surface area contributed by atoms with Gasteiger partial charge in [-0.1, -0.05) is 27.7 Å². The molecule has 10 heteroatoms. The molecule has 0 saturated heterocycles. The Morgan fingerprint density at radius 3 is 1.23 bits per heavy atom. The van der Waals surface area contributed by atoms with E-state index in [1.54, 1.807) is 27.7 Å². The van der Waals surface area contributed by atoms with Crippen molar-refractivity contribution in [1.29, 1.82) is 0 Å². The Kier molecular flexibility index (Phi) is 18.3. The zero-order chi connectivity index (χ0) is 23.8. The van der Waals surface area contributed by atoms with Crippen LogP contribution >= 0.6 is 15.2 Å². The maximum absolute atomic E-state index is 12.1. The highest BCUT2D eigenvalue weighted by molar-refractivity contribution is 7.72. The van der Waals surface area contributed by atoms with Crippen LogP contribution in [-0.2, 0) is 36.8 Å². The third-order valence-corrected chi connectivity index (χ3v) is 7.28. The molecule has 0 saturated carbocycles. The van der Waals surface area contributed by atoms with Gasteiger partial charge in [-0.15, -0.1) is 0 Å². The van der Waals surface area contributed by atoms with E-state index in [2.05, 4.69) is 0 Å². The topological polar surface area (TPSA) is 105 Å². The molecule has 0 fully saturated rings. The Morgan fingerprint density at radius 1 is 0.633 bits per heavy atom. The van der Waals surface area contributed by atoms with Crippen molar-refractivity contribution < 1.29 is 36.8 Å². The van der Waals surface area contributed by atoms with Gasteiger partial charge in [0.05, 0.1) is 25.4 Å². The first-order valence-electron chi connectivity index (χ1n) is 10.8. The lowest BCUT2D eigenvalue weighted by molar-refractivity contribution is -0.115. The molecule has 0 radical (unpaired) electrons. The van der Waals surface area contributed by atoms with Gasteiger partial charge < -0.3 is 18.1 Å². The molecule has 0 unspecified atom stereocenters. The normalized spacial score (nSPS) is 12.1. The predicted molar refractivity (Wildman–Crippen MR) is 120 cm³/mol. The van der Waals surface area contributed by atoms with E-state index in [1.807, 2.05) is 27.7 Å². The van der Waals surface area contributed by atoms with E-state index in [9.17, 15) is 18.7 Å². The Labute approximate surface area is 182 Å². The zero-order valence-corrected chi connectivity index (χ0v) is 21.8. The van der Waals surface area contributed by atoms with Crippen LogP contribution in [0.15, 0.2) is 0 Å². The third kappa shape index (κ3) is 13.8. The molecule has 0 amide bonds. The highest BCUT2D eigenvalue weighted by Gasteiger charge is 2.36. The first-order chi connectivity index (χ1) is 13.9. The predicted octanol–water partition coefficient (Wildman–Crippen LogP) is 6.72. The molecular formula is C20H42O8P2. The smallest absolute Gasteiger partial charge is 0.303 e. The van der Waals surface area contributed by atoms with Gasteiger partial charge in [0.1, 0.15) is 0 Å². The molecule has 0 bridgehead atoms. The van der Waals surface area contributed by atoms with Crippen LogP contribution in [0.5, 0.6) is 0 Å². The van der Waals surface area contributed by atoms with E-state index in [4.69, 9.17) is 18.1 Å². The Balaban J connectivity index is 0. The number of hydrogen-bond acceptors (Lipinski definition) is 8. The van der Waals surface area contributed by atoms with E-state index in [0.717, 1.165) is 12.8 Å². The van der Waals surface area contributed by atoms with Crippen LogP contribution in [0.1, 0.15) is 93.9 Å². The quantitative estimate of drug-likeness (QED) is 0.228. The number of carbonyl (C=O) groups is 2. The van der Waals surface area contributed by atoms with E-state index >= 15 is 0 Å². The molecular weight excluding hydrogens is 430 g/mol. The molecule has 0 heterocycles. The highest BCUT2D eigenvalue weighted by atomic mass is 31.2. The summed E-state index contributed by atoms with van der Waals surface area (Å²) in [4.78, 5) is 23.2. The molecule has 0 aromatic heterocycles.